The van der Waals surface area contributed by atoms with Crippen molar-refractivity contribution in [3.63, 3.8) is 0 Å². The van der Waals surface area contributed by atoms with Crippen LogP contribution in [0.2, 0.25) is 5.02 Å². The molecular formula is C18H24ClN3O2. The van der Waals surface area contributed by atoms with Crippen LogP contribution in [0.4, 0.5) is 0 Å². The molecule has 0 amide bonds. The second-order valence-electron chi connectivity index (χ2n) is 6.33. The van der Waals surface area contributed by atoms with Crippen LogP contribution in [0.25, 0.3) is 0 Å². The molecule has 6 heteroatoms. The second-order valence-corrected chi connectivity index (χ2v) is 6.74. The fourth-order valence-corrected chi connectivity index (χ4v) is 2.98. The smallest absolute Gasteiger partial charge is 0.307 e. The lowest BCUT2D eigenvalue weighted by Gasteiger charge is -2.19. The van der Waals surface area contributed by atoms with E-state index in [1.54, 1.807) is 6.92 Å². The molecule has 0 saturated carbocycles. The van der Waals surface area contributed by atoms with Crippen molar-refractivity contribution in [1.29, 1.82) is 0 Å². The van der Waals surface area contributed by atoms with Crippen molar-refractivity contribution in [2.75, 3.05) is 13.6 Å². The van der Waals surface area contributed by atoms with Gasteiger partial charge in [0.2, 0.25) is 0 Å². The molecule has 0 aliphatic rings. The van der Waals surface area contributed by atoms with E-state index in [1.165, 1.54) is 0 Å². The Morgan fingerprint density at radius 3 is 2.67 bits per heavy atom. The molecule has 0 aliphatic heterocycles. The molecule has 2 rings (SSSR count). The van der Waals surface area contributed by atoms with E-state index in [9.17, 15) is 4.79 Å². The Kier molecular flexibility index (Phi) is 6.02. The van der Waals surface area contributed by atoms with Gasteiger partial charge in [0, 0.05) is 29.4 Å². The van der Waals surface area contributed by atoms with Gasteiger partial charge in [0.25, 0.3) is 0 Å². The van der Waals surface area contributed by atoms with Crippen LogP contribution in [0.3, 0.4) is 0 Å². The number of rotatable bonds is 7. The van der Waals surface area contributed by atoms with E-state index < -0.39 is 11.9 Å². The van der Waals surface area contributed by atoms with E-state index in [-0.39, 0.29) is 0 Å². The molecule has 5 nitrogen and oxygen atoms in total. The monoisotopic (exact) mass is 349 g/mol. The molecule has 0 saturated heterocycles. The van der Waals surface area contributed by atoms with Gasteiger partial charge in [-0.25, -0.2) is 0 Å². The predicted octanol–water partition coefficient (Wildman–Crippen LogP) is 3.35. The van der Waals surface area contributed by atoms with Crippen molar-refractivity contribution >= 4 is 17.6 Å². The van der Waals surface area contributed by atoms with Crippen molar-refractivity contribution in [2.45, 2.75) is 33.9 Å². The zero-order valence-corrected chi connectivity index (χ0v) is 15.3. The van der Waals surface area contributed by atoms with Crippen LogP contribution in [0, 0.1) is 19.8 Å². The van der Waals surface area contributed by atoms with Gasteiger partial charge in [0.1, 0.15) is 0 Å². The number of benzene rings is 1. The topological polar surface area (TPSA) is 58.4 Å². The first kappa shape index (κ1) is 18.5. The van der Waals surface area contributed by atoms with Crippen LogP contribution in [-0.4, -0.2) is 39.3 Å². The molecular weight excluding hydrogens is 326 g/mol. The Hall–Kier alpha value is -1.85. The Balaban J connectivity index is 2.14. The molecule has 0 bridgehead atoms. The van der Waals surface area contributed by atoms with E-state index in [1.807, 2.05) is 54.7 Å². The van der Waals surface area contributed by atoms with Gasteiger partial charge in [0.15, 0.2) is 0 Å². The van der Waals surface area contributed by atoms with Crippen LogP contribution in [0.1, 0.15) is 29.4 Å². The SMILES string of the molecule is Cc1nn(Cc2ccccc2Cl)c(C)c1CN(C)CC(C)C(=O)O. The molecule has 1 heterocycles. The minimum Gasteiger partial charge on any atom is -0.481 e. The van der Waals surface area contributed by atoms with E-state index in [4.69, 9.17) is 16.7 Å². The number of hydrogen-bond acceptors (Lipinski definition) is 3. The van der Waals surface area contributed by atoms with Gasteiger partial charge in [-0.05, 0) is 32.5 Å². The fraction of sp³-hybridized carbons (Fsp3) is 0.444. The van der Waals surface area contributed by atoms with Gasteiger partial charge in [-0.15, -0.1) is 0 Å². The summed E-state index contributed by atoms with van der Waals surface area (Å²) < 4.78 is 1.96. The Bertz CT molecular complexity index is 727. The summed E-state index contributed by atoms with van der Waals surface area (Å²) in [5.74, 6) is -1.17. The summed E-state index contributed by atoms with van der Waals surface area (Å²) in [5.41, 5.74) is 4.22. The summed E-state index contributed by atoms with van der Waals surface area (Å²) in [7, 11) is 1.93. The van der Waals surface area contributed by atoms with Crippen LogP contribution in [0.5, 0.6) is 0 Å². The molecule has 0 aliphatic carbocycles. The van der Waals surface area contributed by atoms with Crippen LogP contribution in [-0.2, 0) is 17.9 Å². The van der Waals surface area contributed by atoms with Gasteiger partial charge >= 0.3 is 5.97 Å². The maximum absolute atomic E-state index is 11.0. The van der Waals surface area contributed by atoms with Crippen molar-refractivity contribution in [3.8, 4) is 0 Å². The second kappa shape index (κ2) is 7.81. The lowest BCUT2D eigenvalue weighted by Crippen LogP contribution is -2.28. The maximum Gasteiger partial charge on any atom is 0.307 e. The van der Waals surface area contributed by atoms with Gasteiger partial charge in [0.05, 0.1) is 18.2 Å². The average Bonchev–Trinajstić information content (AvgIpc) is 2.77. The van der Waals surface area contributed by atoms with E-state index >= 15 is 0 Å². The molecule has 0 spiro atoms. The quantitative estimate of drug-likeness (QED) is 0.832. The van der Waals surface area contributed by atoms with Gasteiger partial charge in [-0.3, -0.25) is 9.48 Å². The number of aromatic nitrogens is 2. The average molecular weight is 350 g/mol. The van der Waals surface area contributed by atoms with Crippen LogP contribution in [0.15, 0.2) is 24.3 Å². The first-order valence-electron chi connectivity index (χ1n) is 7.97. The summed E-state index contributed by atoms with van der Waals surface area (Å²) >= 11 is 6.24. The number of carboxylic acids is 1. The van der Waals surface area contributed by atoms with Gasteiger partial charge in [-0.2, -0.15) is 5.10 Å². The molecule has 1 N–H and O–H groups in total. The highest BCUT2D eigenvalue weighted by atomic mass is 35.5. The summed E-state index contributed by atoms with van der Waals surface area (Å²) in [4.78, 5) is 13.0. The Morgan fingerprint density at radius 1 is 1.38 bits per heavy atom. The maximum atomic E-state index is 11.0. The standard InChI is InChI=1S/C18H24ClN3O2/c1-12(18(23)24)9-21(4)11-16-13(2)20-22(14(16)3)10-15-7-5-6-8-17(15)19/h5-8,12H,9-11H2,1-4H3,(H,23,24). The molecule has 2 aromatic rings. The third kappa shape index (κ3) is 4.36. The van der Waals surface area contributed by atoms with Crippen molar-refractivity contribution < 1.29 is 9.90 Å². The first-order chi connectivity index (χ1) is 11.3. The Labute approximate surface area is 147 Å². The summed E-state index contributed by atoms with van der Waals surface area (Å²) in [6.45, 7) is 7.56. The highest BCUT2D eigenvalue weighted by Crippen LogP contribution is 2.20. The molecule has 1 atom stereocenters. The first-order valence-corrected chi connectivity index (χ1v) is 8.35. The van der Waals surface area contributed by atoms with Crippen LogP contribution >= 0.6 is 11.6 Å². The lowest BCUT2D eigenvalue weighted by molar-refractivity contribution is -0.141. The van der Waals surface area contributed by atoms with E-state index in [0.717, 1.165) is 27.5 Å². The minimum atomic E-state index is -0.773. The molecule has 1 aromatic carbocycles. The highest BCUT2D eigenvalue weighted by molar-refractivity contribution is 6.31. The largest absolute Gasteiger partial charge is 0.481 e. The van der Waals surface area contributed by atoms with Gasteiger partial charge in [-0.1, -0.05) is 36.7 Å². The third-order valence-electron chi connectivity index (χ3n) is 4.24. The molecule has 130 valence electrons. The van der Waals surface area contributed by atoms with Crippen LogP contribution < -0.4 is 0 Å². The molecule has 24 heavy (non-hydrogen) atoms. The number of halogens is 1. The number of hydrogen-bond donors (Lipinski definition) is 1. The molecule has 1 aromatic heterocycles. The van der Waals surface area contributed by atoms with E-state index in [0.29, 0.717) is 19.6 Å². The minimum absolute atomic E-state index is 0.395. The number of aryl methyl sites for hydroxylation is 1. The normalized spacial score (nSPS) is 12.6. The summed E-state index contributed by atoms with van der Waals surface area (Å²) in [5, 5.41) is 14.4. The highest BCUT2D eigenvalue weighted by Gasteiger charge is 2.18. The molecule has 0 fully saturated rings. The fourth-order valence-electron chi connectivity index (χ4n) is 2.78. The van der Waals surface area contributed by atoms with Crippen molar-refractivity contribution in [2.24, 2.45) is 5.92 Å². The van der Waals surface area contributed by atoms with Crippen molar-refractivity contribution in [3.05, 3.63) is 51.8 Å². The third-order valence-corrected chi connectivity index (χ3v) is 4.61. The Morgan fingerprint density at radius 2 is 2.04 bits per heavy atom. The predicted molar refractivity (Wildman–Crippen MR) is 95.4 cm³/mol. The summed E-state index contributed by atoms with van der Waals surface area (Å²) in [6.07, 6.45) is 0. The zero-order chi connectivity index (χ0) is 17.9. The number of aliphatic carboxylic acids is 1. The van der Waals surface area contributed by atoms with Crippen molar-refractivity contribution in [1.82, 2.24) is 14.7 Å². The number of nitrogens with zero attached hydrogens (tertiary/aromatic N) is 3. The van der Waals surface area contributed by atoms with Gasteiger partial charge < -0.3 is 10.0 Å². The number of carboxylic acid groups (broad SMARTS) is 1. The zero-order valence-electron chi connectivity index (χ0n) is 14.6. The lowest BCUT2D eigenvalue weighted by atomic mass is 10.1. The van der Waals surface area contributed by atoms with E-state index in [2.05, 4.69) is 5.10 Å². The molecule has 1 unspecified atom stereocenters. The summed E-state index contributed by atoms with van der Waals surface area (Å²) in [6, 6.07) is 7.76. The molecule has 0 radical (unpaired) electrons. The number of carbonyl (C=O) groups is 1.